The average Bonchev–Trinajstić information content (AvgIpc) is 2.97. The van der Waals surface area contributed by atoms with Crippen molar-refractivity contribution in [3.8, 4) is 17.1 Å². The van der Waals surface area contributed by atoms with E-state index in [2.05, 4.69) is 15.5 Å². The van der Waals surface area contributed by atoms with E-state index in [0.29, 0.717) is 11.7 Å². The van der Waals surface area contributed by atoms with E-state index in [4.69, 9.17) is 9.26 Å². The molecule has 1 fully saturated rings. The standard InChI is InChI=1S/C16H21N3O2/c1-10-8-12(9-11(2)14(10)20-3)15-18-16(21-19-15)13-6-4-5-7-17-13/h8-9,13,17H,4-7H2,1-3H3/t13-/m0/s1. The molecule has 3 rings (SSSR count). The summed E-state index contributed by atoms with van der Waals surface area (Å²) in [5.74, 6) is 2.25. The van der Waals surface area contributed by atoms with Crippen LogP contribution in [-0.2, 0) is 0 Å². The maximum Gasteiger partial charge on any atom is 0.244 e. The second-order valence-corrected chi connectivity index (χ2v) is 5.60. The van der Waals surface area contributed by atoms with Crippen molar-refractivity contribution in [3.63, 3.8) is 0 Å². The number of nitrogens with zero attached hydrogens (tertiary/aromatic N) is 2. The van der Waals surface area contributed by atoms with Gasteiger partial charge in [0.2, 0.25) is 11.7 Å². The molecular weight excluding hydrogens is 266 g/mol. The summed E-state index contributed by atoms with van der Waals surface area (Å²) in [6, 6.07) is 4.27. The Hall–Kier alpha value is -1.88. The van der Waals surface area contributed by atoms with Gasteiger partial charge in [-0.15, -0.1) is 0 Å². The molecule has 2 aromatic rings. The third-order valence-corrected chi connectivity index (χ3v) is 3.97. The molecule has 0 spiro atoms. The number of piperidine rings is 1. The van der Waals surface area contributed by atoms with Gasteiger partial charge in [0.15, 0.2) is 0 Å². The number of aryl methyl sites for hydroxylation is 2. The van der Waals surface area contributed by atoms with Crippen LogP contribution in [0.2, 0.25) is 0 Å². The van der Waals surface area contributed by atoms with Crippen LogP contribution < -0.4 is 10.1 Å². The largest absolute Gasteiger partial charge is 0.496 e. The SMILES string of the molecule is COc1c(C)cc(-c2noc([C@@H]3CCCCN3)n2)cc1C. The fourth-order valence-corrected chi connectivity index (χ4v) is 2.96. The van der Waals surface area contributed by atoms with Gasteiger partial charge >= 0.3 is 0 Å². The van der Waals surface area contributed by atoms with E-state index in [1.165, 1.54) is 12.8 Å². The molecule has 0 saturated carbocycles. The first-order valence-electron chi connectivity index (χ1n) is 7.41. The van der Waals surface area contributed by atoms with E-state index in [9.17, 15) is 0 Å². The molecule has 0 amide bonds. The molecule has 1 aliphatic rings. The molecular formula is C16H21N3O2. The molecule has 0 bridgehead atoms. The van der Waals surface area contributed by atoms with E-state index in [1.54, 1.807) is 7.11 Å². The highest BCUT2D eigenvalue weighted by molar-refractivity contribution is 5.60. The lowest BCUT2D eigenvalue weighted by Crippen LogP contribution is -2.26. The molecule has 2 heterocycles. The van der Waals surface area contributed by atoms with Crippen LogP contribution in [0.25, 0.3) is 11.4 Å². The van der Waals surface area contributed by atoms with Crippen molar-refractivity contribution >= 4 is 0 Å². The normalized spacial score (nSPS) is 18.7. The second-order valence-electron chi connectivity index (χ2n) is 5.60. The molecule has 0 unspecified atom stereocenters. The smallest absolute Gasteiger partial charge is 0.244 e. The van der Waals surface area contributed by atoms with Gasteiger partial charge in [-0.3, -0.25) is 0 Å². The number of hydrogen-bond donors (Lipinski definition) is 1. The highest BCUT2D eigenvalue weighted by atomic mass is 16.5. The van der Waals surface area contributed by atoms with Gasteiger partial charge in [-0.1, -0.05) is 11.6 Å². The molecule has 0 radical (unpaired) electrons. The zero-order valence-corrected chi connectivity index (χ0v) is 12.8. The van der Waals surface area contributed by atoms with Crippen LogP contribution in [-0.4, -0.2) is 23.8 Å². The van der Waals surface area contributed by atoms with Crippen LogP contribution in [0.3, 0.4) is 0 Å². The highest BCUT2D eigenvalue weighted by Gasteiger charge is 2.21. The number of methoxy groups -OCH3 is 1. The van der Waals surface area contributed by atoms with Gasteiger partial charge in [0, 0.05) is 5.56 Å². The minimum Gasteiger partial charge on any atom is -0.496 e. The maximum atomic E-state index is 5.44. The molecule has 21 heavy (non-hydrogen) atoms. The highest BCUT2D eigenvalue weighted by Crippen LogP contribution is 2.30. The predicted octanol–water partition coefficient (Wildman–Crippen LogP) is 3.18. The van der Waals surface area contributed by atoms with Crippen molar-refractivity contribution in [1.29, 1.82) is 0 Å². The van der Waals surface area contributed by atoms with E-state index >= 15 is 0 Å². The molecule has 1 N–H and O–H groups in total. The summed E-state index contributed by atoms with van der Waals surface area (Å²) in [5, 5.41) is 7.56. The van der Waals surface area contributed by atoms with Gasteiger partial charge in [-0.05, 0) is 56.5 Å². The minimum atomic E-state index is 0.195. The Morgan fingerprint density at radius 2 is 2.00 bits per heavy atom. The van der Waals surface area contributed by atoms with E-state index in [0.717, 1.165) is 35.4 Å². The summed E-state index contributed by atoms with van der Waals surface area (Å²) in [5.41, 5.74) is 3.13. The number of ether oxygens (including phenoxy) is 1. The third kappa shape index (κ3) is 2.78. The molecule has 1 aromatic heterocycles. The Balaban J connectivity index is 1.89. The predicted molar refractivity (Wildman–Crippen MR) is 80.4 cm³/mol. The quantitative estimate of drug-likeness (QED) is 0.939. The monoisotopic (exact) mass is 287 g/mol. The maximum absolute atomic E-state index is 5.44. The molecule has 5 nitrogen and oxygen atoms in total. The number of rotatable bonds is 3. The molecule has 1 saturated heterocycles. The van der Waals surface area contributed by atoms with Crippen LogP contribution in [0.15, 0.2) is 16.7 Å². The van der Waals surface area contributed by atoms with E-state index < -0.39 is 0 Å². The number of benzene rings is 1. The molecule has 112 valence electrons. The summed E-state index contributed by atoms with van der Waals surface area (Å²) in [4.78, 5) is 4.56. The first-order chi connectivity index (χ1) is 10.2. The van der Waals surface area contributed by atoms with Crippen molar-refractivity contribution in [2.45, 2.75) is 39.2 Å². The van der Waals surface area contributed by atoms with E-state index in [1.807, 2.05) is 26.0 Å². The Morgan fingerprint density at radius 3 is 2.62 bits per heavy atom. The fourth-order valence-electron chi connectivity index (χ4n) is 2.96. The van der Waals surface area contributed by atoms with Gasteiger partial charge in [0.25, 0.3) is 0 Å². The van der Waals surface area contributed by atoms with Crippen LogP contribution in [0.1, 0.15) is 42.3 Å². The Bertz CT molecular complexity index is 607. The van der Waals surface area contributed by atoms with Crippen molar-refractivity contribution in [2.75, 3.05) is 13.7 Å². The number of nitrogens with one attached hydrogen (secondary N) is 1. The molecule has 1 atom stereocenters. The molecule has 1 aliphatic heterocycles. The summed E-state index contributed by atoms with van der Waals surface area (Å²) in [6.07, 6.45) is 3.48. The lowest BCUT2D eigenvalue weighted by Gasteiger charge is -2.19. The van der Waals surface area contributed by atoms with Crippen LogP contribution in [0.5, 0.6) is 5.75 Å². The molecule has 0 aliphatic carbocycles. The van der Waals surface area contributed by atoms with Crippen LogP contribution in [0.4, 0.5) is 0 Å². The Morgan fingerprint density at radius 1 is 1.24 bits per heavy atom. The Kier molecular flexibility index (Phi) is 3.92. The van der Waals surface area contributed by atoms with Crippen molar-refractivity contribution in [1.82, 2.24) is 15.5 Å². The average molecular weight is 287 g/mol. The van der Waals surface area contributed by atoms with Crippen molar-refractivity contribution in [3.05, 3.63) is 29.2 Å². The summed E-state index contributed by atoms with van der Waals surface area (Å²) in [7, 11) is 1.69. The lowest BCUT2D eigenvalue weighted by molar-refractivity contribution is 0.297. The topological polar surface area (TPSA) is 60.2 Å². The zero-order chi connectivity index (χ0) is 14.8. The minimum absolute atomic E-state index is 0.195. The summed E-state index contributed by atoms with van der Waals surface area (Å²) >= 11 is 0. The van der Waals surface area contributed by atoms with Crippen LogP contribution in [0, 0.1) is 13.8 Å². The van der Waals surface area contributed by atoms with Gasteiger partial charge < -0.3 is 14.6 Å². The molecule has 5 heteroatoms. The second kappa shape index (κ2) is 5.85. The first-order valence-corrected chi connectivity index (χ1v) is 7.41. The summed E-state index contributed by atoms with van der Waals surface area (Å²) < 4.78 is 10.8. The third-order valence-electron chi connectivity index (χ3n) is 3.97. The zero-order valence-electron chi connectivity index (χ0n) is 12.8. The number of hydrogen-bond acceptors (Lipinski definition) is 5. The fraction of sp³-hybridized carbons (Fsp3) is 0.500. The van der Waals surface area contributed by atoms with Gasteiger partial charge in [-0.25, -0.2) is 0 Å². The molecule has 1 aromatic carbocycles. The lowest BCUT2D eigenvalue weighted by atomic mass is 10.0. The van der Waals surface area contributed by atoms with Gasteiger partial charge in [0.1, 0.15) is 5.75 Å². The van der Waals surface area contributed by atoms with Gasteiger partial charge in [0.05, 0.1) is 13.2 Å². The van der Waals surface area contributed by atoms with Crippen molar-refractivity contribution in [2.24, 2.45) is 0 Å². The summed E-state index contributed by atoms with van der Waals surface area (Å²) in [6.45, 7) is 5.07. The number of aromatic nitrogens is 2. The van der Waals surface area contributed by atoms with Crippen molar-refractivity contribution < 1.29 is 9.26 Å². The van der Waals surface area contributed by atoms with E-state index in [-0.39, 0.29) is 6.04 Å². The van der Waals surface area contributed by atoms with Gasteiger partial charge in [-0.2, -0.15) is 4.98 Å². The Labute approximate surface area is 124 Å². The first kappa shape index (κ1) is 14.1. The van der Waals surface area contributed by atoms with Crippen LogP contribution >= 0.6 is 0 Å².